The summed E-state index contributed by atoms with van der Waals surface area (Å²) in [7, 11) is 0. The first-order valence-electron chi connectivity index (χ1n) is 5.50. The second kappa shape index (κ2) is 4.91. The molecule has 17 heavy (non-hydrogen) atoms. The lowest BCUT2D eigenvalue weighted by Gasteiger charge is -2.00. The summed E-state index contributed by atoms with van der Waals surface area (Å²) in [5.74, 6) is 1.03. The van der Waals surface area contributed by atoms with Crippen LogP contribution >= 0.6 is 0 Å². The summed E-state index contributed by atoms with van der Waals surface area (Å²) in [6.07, 6.45) is 0.842. The van der Waals surface area contributed by atoms with E-state index in [1.807, 2.05) is 31.2 Å². The Morgan fingerprint density at radius 3 is 2.82 bits per heavy atom. The van der Waals surface area contributed by atoms with Gasteiger partial charge in [-0.3, -0.25) is 4.79 Å². The van der Waals surface area contributed by atoms with E-state index in [9.17, 15) is 4.79 Å². The van der Waals surface area contributed by atoms with Crippen LogP contribution in [0.15, 0.2) is 28.8 Å². The van der Waals surface area contributed by atoms with Crippen LogP contribution in [0.4, 0.5) is 0 Å². The quantitative estimate of drug-likeness (QED) is 0.807. The topological polar surface area (TPSA) is 56.0 Å². The zero-order valence-corrected chi connectivity index (χ0v) is 9.93. The summed E-state index contributed by atoms with van der Waals surface area (Å²) < 4.78 is 5.01. The van der Waals surface area contributed by atoms with Gasteiger partial charge >= 0.3 is 0 Å². The van der Waals surface area contributed by atoms with Crippen LogP contribution in [-0.2, 0) is 17.6 Å². The van der Waals surface area contributed by atoms with E-state index < -0.39 is 0 Å². The number of carbonyl (C=O) groups excluding carboxylic acids is 1. The zero-order valence-electron chi connectivity index (χ0n) is 9.93. The SMILES string of the molecule is CC(=O)Cc1nc(Cc2ccccc2C)no1. The summed E-state index contributed by atoms with van der Waals surface area (Å²) in [5, 5.41) is 3.87. The number of benzene rings is 1. The molecule has 1 heterocycles. The largest absolute Gasteiger partial charge is 0.339 e. The van der Waals surface area contributed by atoms with Gasteiger partial charge in [0.15, 0.2) is 5.82 Å². The fourth-order valence-corrected chi connectivity index (χ4v) is 1.63. The van der Waals surface area contributed by atoms with Crippen molar-refractivity contribution in [3.8, 4) is 0 Å². The molecule has 0 N–H and O–H groups in total. The number of nitrogens with zero attached hydrogens (tertiary/aromatic N) is 2. The summed E-state index contributed by atoms with van der Waals surface area (Å²) in [5.41, 5.74) is 2.37. The second-order valence-electron chi connectivity index (χ2n) is 4.09. The van der Waals surface area contributed by atoms with Crippen molar-refractivity contribution in [3.05, 3.63) is 47.1 Å². The first-order chi connectivity index (χ1) is 8.15. The van der Waals surface area contributed by atoms with Gasteiger partial charge in [-0.05, 0) is 25.0 Å². The van der Waals surface area contributed by atoms with Crippen molar-refractivity contribution in [1.82, 2.24) is 10.1 Å². The van der Waals surface area contributed by atoms with Crippen molar-refractivity contribution in [1.29, 1.82) is 0 Å². The van der Waals surface area contributed by atoms with Crippen molar-refractivity contribution in [2.75, 3.05) is 0 Å². The second-order valence-corrected chi connectivity index (χ2v) is 4.09. The third kappa shape index (κ3) is 3.00. The molecule has 88 valence electrons. The first kappa shape index (κ1) is 11.5. The van der Waals surface area contributed by atoms with Crippen LogP contribution in [0.5, 0.6) is 0 Å². The summed E-state index contributed by atoms with van der Waals surface area (Å²) in [4.78, 5) is 15.1. The summed E-state index contributed by atoms with van der Waals surface area (Å²) in [6.45, 7) is 3.55. The highest BCUT2D eigenvalue weighted by Crippen LogP contribution is 2.11. The van der Waals surface area contributed by atoms with Gasteiger partial charge in [-0.1, -0.05) is 29.4 Å². The normalized spacial score (nSPS) is 10.5. The van der Waals surface area contributed by atoms with Gasteiger partial charge in [0.25, 0.3) is 0 Å². The van der Waals surface area contributed by atoms with Crippen LogP contribution in [-0.4, -0.2) is 15.9 Å². The van der Waals surface area contributed by atoms with Crippen molar-refractivity contribution >= 4 is 5.78 Å². The Morgan fingerprint density at radius 2 is 2.12 bits per heavy atom. The van der Waals surface area contributed by atoms with Gasteiger partial charge in [0, 0.05) is 6.42 Å². The Kier molecular flexibility index (Phi) is 3.32. The van der Waals surface area contributed by atoms with E-state index >= 15 is 0 Å². The van der Waals surface area contributed by atoms with Gasteiger partial charge in [-0.2, -0.15) is 4.98 Å². The summed E-state index contributed by atoms with van der Waals surface area (Å²) in [6, 6.07) is 8.07. The monoisotopic (exact) mass is 230 g/mol. The molecule has 0 atom stereocenters. The molecule has 0 aliphatic heterocycles. The lowest BCUT2D eigenvalue weighted by molar-refractivity contribution is -0.116. The molecule has 0 bridgehead atoms. The number of ketones is 1. The van der Waals surface area contributed by atoms with E-state index in [1.54, 1.807) is 0 Å². The Balaban J connectivity index is 2.12. The van der Waals surface area contributed by atoms with Gasteiger partial charge in [-0.15, -0.1) is 0 Å². The van der Waals surface area contributed by atoms with E-state index in [0.29, 0.717) is 18.1 Å². The van der Waals surface area contributed by atoms with Crippen molar-refractivity contribution in [3.63, 3.8) is 0 Å². The fraction of sp³-hybridized carbons (Fsp3) is 0.308. The summed E-state index contributed by atoms with van der Waals surface area (Å²) >= 11 is 0. The Labute approximate surface area is 99.7 Å². The maximum absolute atomic E-state index is 10.9. The average molecular weight is 230 g/mol. The van der Waals surface area contributed by atoms with Gasteiger partial charge < -0.3 is 4.52 Å². The van der Waals surface area contributed by atoms with E-state index in [2.05, 4.69) is 10.1 Å². The third-order valence-electron chi connectivity index (χ3n) is 2.52. The number of aromatic nitrogens is 2. The highest BCUT2D eigenvalue weighted by Gasteiger charge is 2.09. The predicted octanol–water partition coefficient (Wildman–Crippen LogP) is 2.10. The van der Waals surface area contributed by atoms with E-state index in [-0.39, 0.29) is 12.2 Å². The molecule has 2 aromatic rings. The first-order valence-corrected chi connectivity index (χ1v) is 5.50. The van der Waals surface area contributed by atoms with E-state index in [0.717, 1.165) is 0 Å². The van der Waals surface area contributed by atoms with E-state index in [4.69, 9.17) is 4.52 Å². The molecular weight excluding hydrogens is 216 g/mol. The standard InChI is InChI=1S/C13H14N2O2/c1-9-5-3-4-6-11(9)8-12-14-13(17-15-12)7-10(2)16/h3-6H,7-8H2,1-2H3. The smallest absolute Gasteiger partial charge is 0.234 e. The minimum Gasteiger partial charge on any atom is -0.339 e. The molecule has 4 nitrogen and oxygen atoms in total. The van der Waals surface area contributed by atoms with Gasteiger partial charge in [0.05, 0.1) is 6.42 Å². The maximum Gasteiger partial charge on any atom is 0.234 e. The number of rotatable bonds is 4. The Hall–Kier alpha value is -1.97. The number of hydrogen-bond donors (Lipinski definition) is 0. The third-order valence-corrected chi connectivity index (χ3v) is 2.52. The Bertz CT molecular complexity index is 532. The number of hydrogen-bond acceptors (Lipinski definition) is 4. The molecule has 0 saturated carbocycles. The Morgan fingerprint density at radius 1 is 1.35 bits per heavy atom. The van der Waals surface area contributed by atoms with Gasteiger partial charge in [0.2, 0.25) is 5.89 Å². The zero-order chi connectivity index (χ0) is 12.3. The molecule has 0 aliphatic rings. The van der Waals surface area contributed by atoms with Gasteiger partial charge in [-0.25, -0.2) is 0 Å². The molecule has 0 amide bonds. The molecule has 0 saturated heterocycles. The predicted molar refractivity (Wildman–Crippen MR) is 62.7 cm³/mol. The van der Waals surface area contributed by atoms with Gasteiger partial charge in [0.1, 0.15) is 5.78 Å². The fourth-order valence-electron chi connectivity index (χ4n) is 1.63. The van der Waals surface area contributed by atoms with Crippen LogP contribution < -0.4 is 0 Å². The van der Waals surface area contributed by atoms with E-state index in [1.165, 1.54) is 18.1 Å². The van der Waals surface area contributed by atoms with Crippen LogP contribution in [0.3, 0.4) is 0 Å². The van der Waals surface area contributed by atoms with Crippen LogP contribution in [0, 0.1) is 6.92 Å². The van der Waals surface area contributed by atoms with Crippen molar-refractivity contribution in [2.45, 2.75) is 26.7 Å². The molecule has 4 heteroatoms. The molecule has 0 aliphatic carbocycles. The molecule has 0 unspecified atom stereocenters. The molecule has 2 rings (SSSR count). The van der Waals surface area contributed by atoms with Crippen molar-refractivity contribution < 1.29 is 9.32 Å². The minimum atomic E-state index is 0.0242. The number of Topliss-reactive ketones (excluding diaryl/α,β-unsaturated/α-hetero) is 1. The molecule has 0 fully saturated rings. The average Bonchev–Trinajstić information content (AvgIpc) is 2.68. The van der Waals surface area contributed by atoms with Crippen molar-refractivity contribution in [2.24, 2.45) is 0 Å². The molecule has 0 radical (unpaired) electrons. The maximum atomic E-state index is 10.9. The lowest BCUT2D eigenvalue weighted by atomic mass is 10.1. The molecule has 1 aromatic heterocycles. The van der Waals surface area contributed by atoms with Crippen LogP contribution in [0.1, 0.15) is 29.8 Å². The highest BCUT2D eigenvalue weighted by atomic mass is 16.5. The number of aryl methyl sites for hydroxylation is 1. The molecule has 0 spiro atoms. The molecular formula is C13H14N2O2. The van der Waals surface area contributed by atoms with Crippen LogP contribution in [0.25, 0.3) is 0 Å². The van der Waals surface area contributed by atoms with Crippen LogP contribution in [0.2, 0.25) is 0 Å². The lowest BCUT2D eigenvalue weighted by Crippen LogP contribution is -1.97. The molecule has 1 aromatic carbocycles. The minimum absolute atomic E-state index is 0.0242. The highest BCUT2D eigenvalue weighted by molar-refractivity contribution is 5.77. The number of carbonyl (C=O) groups is 1.